The number of methoxy groups -OCH3 is 1. The van der Waals surface area contributed by atoms with E-state index in [0.29, 0.717) is 12.1 Å². The van der Waals surface area contributed by atoms with Gasteiger partial charge in [-0.3, -0.25) is 0 Å². The maximum Gasteiger partial charge on any atom is 0.0755 e. The van der Waals surface area contributed by atoms with Crippen molar-refractivity contribution < 1.29 is 4.74 Å². The summed E-state index contributed by atoms with van der Waals surface area (Å²) in [5, 5.41) is 4.21. The third-order valence-electron chi connectivity index (χ3n) is 3.52. The highest BCUT2D eigenvalue weighted by Gasteiger charge is 2.36. The maximum absolute atomic E-state index is 6.20. The fourth-order valence-electron chi connectivity index (χ4n) is 2.39. The Balaban J connectivity index is 2.06. The number of nitrogens with one attached hydrogen (secondary N) is 1. The number of hydrogen-bond acceptors (Lipinski definition) is 2. The van der Waals surface area contributed by atoms with Crippen LogP contribution in [0.5, 0.6) is 0 Å². The van der Waals surface area contributed by atoms with E-state index in [1.165, 1.54) is 18.4 Å². The Bertz CT molecular complexity index is 365. The average Bonchev–Trinajstić information content (AvgIpc) is 3.15. The van der Waals surface area contributed by atoms with Crippen molar-refractivity contribution in [1.29, 1.82) is 0 Å². The summed E-state index contributed by atoms with van der Waals surface area (Å²) in [6.07, 6.45) is 3.81. The van der Waals surface area contributed by atoms with Crippen molar-refractivity contribution in [3.63, 3.8) is 0 Å². The first-order chi connectivity index (χ1) is 8.26. The number of rotatable bonds is 6. The fourth-order valence-corrected chi connectivity index (χ4v) is 2.61. The molecule has 0 saturated heterocycles. The minimum Gasteiger partial charge on any atom is -0.380 e. The van der Waals surface area contributed by atoms with E-state index in [0.717, 1.165) is 17.4 Å². The average molecular weight is 254 g/mol. The van der Waals surface area contributed by atoms with Gasteiger partial charge in [-0.05, 0) is 43.9 Å². The number of benzene rings is 1. The lowest BCUT2D eigenvalue weighted by molar-refractivity contribution is 0.0534. The van der Waals surface area contributed by atoms with Crippen LogP contribution in [0.3, 0.4) is 0 Å². The predicted octanol–water partition coefficient (Wildman–Crippen LogP) is 2.90. The summed E-state index contributed by atoms with van der Waals surface area (Å²) in [6.45, 7) is 0. The molecule has 1 fully saturated rings. The second kappa shape index (κ2) is 5.85. The highest BCUT2D eigenvalue weighted by molar-refractivity contribution is 6.31. The third-order valence-corrected chi connectivity index (χ3v) is 3.89. The van der Waals surface area contributed by atoms with Crippen molar-refractivity contribution in [2.24, 2.45) is 5.92 Å². The number of likely N-dealkylation sites (N-methyl/N-ethyl adjacent to an activating group) is 1. The van der Waals surface area contributed by atoms with Crippen molar-refractivity contribution in [3.05, 3.63) is 34.9 Å². The van der Waals surface area contributed by atoms with E-state index in [1.54, 1.807) is 7.11 Å². The van der Waals surface area contributed by atoms with Crippen molar-refractivity contribution >= 4 is 11.6 Å². The van der Waals surface area contributed by atoms with Gasteiger partial charge in [-0.1, -0.05) is 29.8 Å². The van der Waals surface area contributed by atoms with Crippen molar-refractivity contribution in [2.45, 2.75) is 31.4 Å². The minimum absolute atomic E-state index is 0.302. The van der Waals surface area contributed by atoms with Gasteiger partial charge in [0.2, 0.25) is 0 Å². The van der Waals surface area contributed by atoms with Crippen LogP contribution in [0, 0.1) is 5.92 Å². The molecule has 0 heterocycles. The summed E-state index contributed by atoms with van der Waals surface area (Å²) in [7, 11) is 3.80. The van der Waals surface area contributed by atoms with E-state index >= 15 is 0 Å². The van der Waals surface area contributed by atoms with Gasteiger partial charge in [0.05, 0.1) is 6.10 Å². The first-order valence-electron chi connectivity index (χ1n) is 6.19. The Hall–Kier alpha value is -0.570. The molecule has 1 aromatic carbocycles. The monoisotopic (exact) mass is 253 g/mol. The second-order valence-electron chi connectivity index (χ2n) is 4.73. The highest BCUT2D eigenvalue weighted by atomic mass is 35.5. The Labute approximate surface area is 108 Å². The fraction of sp³-hybridized carbons (Fsp3) is 0.571. The lowest BCUT2D eigenvalue weighted by Gasteiger charge is -2.26. The van der Waals surface area contributed by atoms with Crippen LogP contribution >= 0.6 is 11.6 Å². The largest absolute Gasteiger partial charge is 0.380 e. The van der Waals surface area contributed by atoms with E-state index < -0.39 is 0 Å². The van der Waals surface area contributed by atoms with E-state index in [1.807, 2.05) is 25.2 Å². The molecule has 0 aliphatic heterocycles. The van der Waals surface area contributed by atoms with Gasteiger partial charge in [-0.2, -0.15) is 0 Å². The molecule has 2 rings (SSSR count). The van der Waals surface area contributed by atoms with Crippen molar-refractivity contribution in [3.8, 4) is 0 Å². The summed E-state index contributed by atoms with van der Waals surface area (Å²) in [5.41, 5.74) is 1.19. The lowest BCUT2D eigenvalue weighted by atomic mass is 9.98. The summed E-state index contributed by atoms with van der Waals surface area (Å²) in [4.78, 5) is 0. The van der Waals surface area contributed by atoms with Crippen LogP contribution < -0.4 is 5.32 Å². The lowest BCUT2D eigenvalue weighted by Crippen LogP contribution is -2.42. The molecule has 3 heteroatoms. The third kappa shape index (κ3) is 3.21. The van der Waals surface area contributed by atoms with E-state index in [9.17, 15) is 0 Å². The van der Waals surface area contributed by atoms with Crippen molar-refractivity contribution in [2.75, 3.05) is 14.2 Å². The molecule has 1 saturated carbocycles. The first kappa shape index (κ1) is 12.9. The van der Waals surface area contributed by atoms with E-state index in [2.05, 4.69) is 11.4 Å². The van der Waals surface area contributed by atoms with Gasteiger partial charge >= 0.3 is 0 Å². The van der Waals surface area contributed by atoms with Crippen LogP contribution in [0.15, 0.2) is 24.3 Å². The summed E-state index contributed by atoms with van der Waals surface area (Å²) in [5.74, 6) is 0.722. The SMILES string of the molecule is CNC(Cc1ccccc1Cl)C(OC)C1CC1. The Kier molecular flexibility index (Phi) is 4.43. The van der Waals surface area contributed by atoms with Crippen molar-refractivity contribution in [1.82, 2.24) is 5.32 Å². The Morgan fingerprint density at radius 3 is 2.65 bits per heavy atom. The standard InChI is InChI=1S/C14H20ClNO/c1-16-13(14(17-2)10-7-8-10)9-11-5-3-4-6-12(11)15/h3-6,10,13-14,16H,7-9H2,1-2H3. The van der Waals surface area contributed by atoms with E-state index in [4.69, 9.17) is 16.3 Å². The molecule has 94 valence electrons. The molecule has 2 unspecified atom stereocenters. The number of hydrogen-bond donors (Lipinski definition) is 1. The molecule has 0 aromatic heterocycles. The molecule has 1 N–H and O–H groups in total. The molecule has 17 heavy (non-hydrogen) atoms. The van der Waals surface area contributed by atoms with E-state index in [-0.39, 0.29) is 0 Å². The first-order valence-corrected chi connectivity index (χ1v) is 6.57. The molecular weight excluding hydrogens is 234 g/mol. The topological polar surface area (TPSA) is 21.3 Å². The predicted molar refractivity (Wildman–Crippen MR) is 71.5 cm³/mol. The molecule has 0 bridgehead atoms. The highest BCUT2D eigenvalue weighted by Crippen LogP contribution is 2.36. The smallest absolute Gasteiger partial charge is 0.0755 e. The molecule has 2 atom stereocenters. The van der Waals surface area contributed by atoms with Crippen LogP contribution in [-0.4, -0.2) is 26.3 Å². The molecular formula is C14H20ClNO. The molecule has 0 radical (unpaired) electrons. The van der Waals surface area contributed by atoms with Crippen LogP contribution in [0.1, 0.15) is 18.4 Å². The summed E-state index contributed by atoms with van der Waals surface area (Å²) < 4.78 is 5.63. The van der Waals surface area contributed by atoms with Crippen LogP contribution in [0.25, 0.3) is 0 Å². The van der Waals surface area contributed by atoms with Gasteiger partial charge in [-0.25, -0.2) is 0 Å². The zero-order chi connectivity index (χ0) is 12.3. The molecule has 0 spiro atoms. The van der Waals surface area contributed by atoms with Gasteiger partial charge in [0.15, 0.2) is 0 Å². The Morgan fingerprint density at radius 1 is 1.41 bits per heavy atom. The van der Waals surface area contributed by atoms with Gasteiger partial charge in [0.25, 0.3) is 0 Å². The molecule has 1 aliphatic rings. The summed E-state index contributed by atoms with van der Waals surface area (Å²) in [6, 6.07) is 8.38. The zero-order valence-corrected chi connectivity index (χ0v) is 11.2. The molecule has 0 amide bonds. The molecule has 2 nitrogen and oxygen atoms in total. The van der Waals surface area contributed by atoms with Crippen LogP contribution in [0.2, 0.25) is 5.02 Å². The maximum atomic E-state index is 6.20. The normalized spacial score (nSPS) is 19.0. The van der Waals surface area contributed by atoms with Gasteiger partial charge in [0.1, 0.15) is 0 Å². The summed E-state index contributed by atoms with van der Waals surface area (Å²) >= 11 is 6.20. The van der Waals surface area contributed by atoms with Gasteiger partial charge < -0.3 is 10.1 Å². The van der Waals surface area contributed by atoms with Crippen LogP contribution in [-0.2, 0) is 11.2 Å². The Morgan fingerprint density at radius 2 is 2.12 bits per heavy atom. The van der Waals surface area contributed by atoms with Gasteiger partial charge in [-0.15, -0.1) is 0 Å². The minimum atomic E-state index is 0.302. The van der Waals surface area contributed by atoms with Gasteiger partial charge in [0, 0.05) is 18.2 Å². The number of ether oxygens (including phenoxy) is 1. The second-order valence-corrected chi connectivity index (χ2v) is 5.14. The molecule has 1 aliphatic carbocycles. The quantitative estimate of drug-likeness (QED) is 0.842. The number of halogens is 1. The molecule has 1 aromatic rings. The zero-order valence-electron chi connectivity index (χ0n) is 10.4. The van der Waals surface area contributed by atoms with Crippen LogP contribution in [0.4, 0.5) is 0 Å².